The summed E-state index contributed by atoms with van der Waals surface area (Å²) >= 11 is 0. The molecule has 6 nitrogen and oxygen atoms in total. The van der Waals surface area contributed by atoms with E-state index in [4.69, 9.17) is 4.74 Å². The zero-order valence-electron chi connectivity index (χ0n) is 17.4. The first kappa shape index (κ1) is 22.9. The van der Waals surface area contributed by atoms with Crippen LogP contribution < -0.4 is 14.8 Å². The van der Waals surface area contributed by atoms with Gasteiger partial charge in [-0.05, 0) is 49.9 Å². The van der Waals surface area contributed by atoms with Crippen molar-refractivity contribution in [2.24, 2.45) is 0 Å². The van der Waals surface area contributed by atoms with E-state index in [1.807, 2.05) is 44.2 Å². The van der Waals surface area contributed by atoms with Gasteiger partial charge in [0.25, 0.3) is 0 Å². The van der Waals surface area contributed by atoms with Crippen molar-refractivity contribution in [1.82, 2.24) is 10.0 Å². The molecule has 158 valence electrons. The maximum atomic E-state index is 13.1. The predicted octanol–water partition coefficient (Wildman–Crippen LogP) is 3.20. The van der Waals surface area contributed by atoms with E-state index in [1.54, 1.807) is 25.1 Å². The first-order valence-corrected chi connectivity index (χ1v) is 11.3. The first-order chi connectivity index (χ1) is 13.8. The van der Waals surface area contributed by atoms with Gasteiger partial charge in [-0.1, -0.05) is 49.7 Å². The van der Waals surface area contributed by atoms with Crippen LogP contribution in [-0.2, 0) is 21.2 Å². The number of nitrogens with one attached hydrogen (secondary N) is 2. The highest BCUT2D eigenvalue weighted by Gasteiger charge is 2.28. The monoisotopic (exact) mass is 418 g/mol. The fourth-order valence-corrected chi connectivity index (χ4v) is 4.58. The third-order valence-electron chi connectivity index (χ3n) is 4.62. The van der Waals surface area contributed by atoms with E-state index in [-0.39, 0.29) is 29.0 Å². The third kappa shape index (κ3) is 6.58. The molecule has 0 spiro atoms. The molecule has 0 aliphatic heterocycles. The van der Waals surface area contributed by atoms with Gasteiger partial charge in [0.1, 0.15) is 16.7 Å². The topological polar surface area (TPSA) is 84.5 Å². The van der Waals surface area contributed by atoms with Gasteiger partial charge in [-0.15, -0.1) is 0 Å². The Morgan fingerprint density at radius 2 is 1.83 bits per heavy atom. The van der Waals surface area contributed by atoms with Crippen molar-refractivity contribution >= 4 is 15.9 Å². The zero-order valence-corrected chi connectivity index (χ0v) is 18.3. The maximum absolute atomic E-state index is 13.1. The highest BCUT2D eigenvalue weighted by molar-refractivity contribution is 7.89. The van der Waals surface area contributed by atoms with Crippen molar-refractivity contribution in [1.29, 1.82) is 0 Å². The second-order valence-corrected chi connectivity index (χ2v) is 8.90. The van der Waals surface area contributed by atoms with Crippen molar-refractivity contribution in [3.05, 3.63) is 59.7 Å². The van der Waals surface area contributed by atoms with Crippen LogP contribution in [0.5, 0.6) is 5.75 Å². The van der Waals surface area contributed by atoms with Crippen molar-refractivity contribution in [2.45, 2.75) is 57.0 Å². The van der Waals surface area contributed by atoms with Crippen LogP contribution in [0.1, 0.15) is 37.8 Å². The molecule has 2 aromatic carbocycles. The minimum absolute atomic E-state index is 0.0208. The van der Waals surface area contributed by atoms with Crippen molar-refractivity contribution in [3.63, 3.8) is 0 Å². The van der Waals surface area contributed by atoms with Crippen LogP contribution in [-0.4, -0.2) is 33.5 Å². The standard InChI is InChI=1S/C22H30N2O4S/c1-5-9-17(3)23-22(25)19(15-18-10-7-6-8-11-18)24-29(26,27)21-14-16(2)12-13-20(21)28-4/h6-8,10-14,17,19,24H,5,9,15H2,1-4H3,(H,23,25)/t17-,19-/m0/s1. The zero-order chi connectivity index (χ0) is 21.4. The van der Waals surface area contributed by atoms with Gasteiger partial charge >= 0.3 is 0 Å². The van der Waals surface area contributed by atoms with Crippen LogP contribution in [0, 0.1) is 6.92 Å². The summed E-state index contributed by atoms with van der Waals surface area (Å²) in [5, 5.41) is 2.92. The summed E-state index contributed by atoms with van der Waals surface area (Å²) in [5.74, 6) is -0.105. The largest absolute Gasteiger partial charge is 0.495 e. The smallest absolute Gasteiger partial charge is 0.244 e. The summed E-state index contributed by atoms with van der Waals surface area (Å²) in [5.41, 5.74) is 1.65. The van der Waals surface area contributed by atoms with Gasteiger partial charge in [0.05, 0.1) is 7.11 Å². The molecule has 0 saturated carbocycles. The molecular formula is C22H30N2O4S. The second kappa shape index (κ2) is 10.4. The Balaban J connectivity index is 2.32. The Kier molecular flexibility index (Phi) is 8.22. The molecule has 0 aliphatic carbocycles. The van der Waals surface area contributed by atoms with E-state index in [9.17, 15) is 13.2 Å². The quantitative estimate of drug-likeness (QED) is 0.621. The van der Waals surface area contributed by atoms with Gasteiger partial charge in [0.2, 0.25) is 15.9 Å². The fraction of sp³-hybridized carbons (Fsp3) is 0.409. The molecule has 0 saturated heterocycles. The molecule has 2 atom stereocenters. The lowest BCUT2D eigenvalue weighted by Crippen LogP contribution is -2.50. The summed E-state index contributed by atoms with van der Waals surface area (Å²) in [7, 11) is -2.55. The van der Waals surface area contributed by atoms with Gasteiger partial charge in [-0.2, -0.15) is 4.72 Å². The van der Waals surface area contributed by atoms with Crippen LogP contribution in [0.2, 0.25) is 0 Å². The van der Waals surface area contributed by atoms with E-state index in [1.165, 1.54) is 7.11 Å². The molecule has 1 amide bonds. The number of rotatable bonds is 10. The molecule has 0 aromatic heterocycles. The normalized spacial score (nSPS) is 13.5. The average Bonchev–Trinajstić information content (AvgIpc) is 2.68. The van der Waals surface area contributed by atoms with Crippen LogP contribution in [0.15, 0.2) is 53.4 Å². The molecule has 0 unspecified atom stereocenters. The number of hydrogen-bond donors (Lipinski definition) is 2. The van der Waals surface area contributed by atoms with Crippen LogP contribution >= 0.6 is 0 Å². The molecule has 0 radical (unpaired) electrons. The maximum Gasteiger partial charge on any atom is 0.244 e. The lowest BCUT2D eigenvalue weighted by atomic mass is 10.1. The van der Waals surface area contributed by atoms with E-state index < -0.39 is 16.1 Å². The van der Waals surface area contributed by atoms with Crippen LogP contribution in [0.3, 0.4) is 0 Å². The van der Waals surface area contributed by atoms with Gasteiger partial charge in [-0.25, -0.2) is 8.42 Å². The Bertz CT molecular complexity index is 914. The SMILES string of the molecule is CCC[C@H](C)NC(=O)[C@H](Cc1ccccc1)NS(=O)(=O)c1cc(C)ccc1OC. The highest BCUT2D eigenvalue weighted by atomic mass is 32.2. The fourth-order valence-electron chi connectivity index (χ4n) is 3.13. The summed E-state index contributed by atoms with van der Waals surface area (Å²) in [6, 6.07) is 13.3. The molecule has 2 N–H and O–H groups in total. The van der Waals surface area contributed by atoms with Crippen molar-refractivity contribution in [3.8, 4) is 5.75 Å². The van der Waals surface area contributed by atoms with Gasteiger partial charge in [0.15, 0.2) is 0 Å². The first-order valence-electron chi connectivity index (χ1n) is 9.78. The number of aryl methyl sites for hydroxylation is 1. The summed E-state index contributed by atoms with van der Waals surface area (Å²) in [6.07, 6.45) is 2.00. The number of carbonyl (C=O) groups is 1. The number of sulfonamides is 1. The Labute approximate surface area is 173 Å². The molecular weight excluding hydrogens is 388 g/mol. The van der Waals surface area contributed by atoms with Crippen molar-refractivity contribution in [2.75, 3.05) is 7.11 Å². The molecule has 0 aliphatic rings. The summed E-state index contributed by atoms with van der Waals surface area (Å²) < 4.78 is 34.0. The van der Waals surface area contributed by atoms with E-state index in [0.29, 0.717) is 0 Å². The predicted molar refractivity (Wildman–Crippen MR) is 114 cm³/mol. The number of ether oxygens (including phenoxy) is 1. The Morgan fingerprint density at radius 3 is 2.45 bits per heavy atom. The van der Waals surface area contributed by atoms with E-state index >= 15 is 0 Å². The lowest BCUT2D eigenvalue weighted by molar-refractivity contribution is -0.123. The van der Waals surface area contributed by atoms with Gasteiger partial charge < -0.3 is 10.1 Å². The number of amides is 1. The molecule has 0 heterocycles. The average molecular weight is 419 g/mol. The third-order valence-corrected chi connectivity index (χ3v) is 6.11. The number of methoxy groups -OCH3 is 1. The molecule has 29 heavy (non-hydrogen) atoms. The summed E-state index contributed by atoms with van der Waals surface area (Å²) in [6.45, 7) is 5.76. The van der Waals surface area contributed by atoms with Crippen LogP contribution in [0.25, 0.3) is 0 Å². The number of benzene rings is 2. The highest BCUT2D eigenvalue weighted by Crippen LogP contribution is 2.25. The van der Waals surface area contributed by atoms with Crippen molar-refractivity contribution < 1.29 is 17.9 Å². The molecule has 2 rings (SSSR count). The summed E-state index contributed by atoms with van der Waals surface area (Å²) in [4.78, 5) is 12.9. The molecule has 2 aromatic rings. The minimum Gasteiger partial charge on any atom is -0.495 e. The van der Waals surface area contributed by atoms with Gasteiger partial charge in [-0.3, -0.25) is 4.79 Å². The second-order valence-electron chi connectivity index (χ2n) is 7.22. The molecule has 0 fully saturated rings. The lowest BCUT2D eigenvalue weighted by Gasteiger charge is -2.22. The minimum atomic E-state index is -3.97. The van der Waals surface area contributed by atoms with E-state index in [0.717, 1.165) is 24.0 Å². The van der Waals surface area contributed by atoms with Gasteiger partial charge in [0, 0.05) is 6.04 Å². The number of carbonyl (C=O) groups excluding carboxylic acids is 1. The Hall–Kier alpha value is -2.38. The number of hydrogen-bond acceptors (Lipinski definition) is 4. The molecule has 7 heteroatoms. The van der Waals surface area contributed by atoms with E-state index in [2.05, 4.69) is 10.0 Å². The van der Waals surface area contributed by atoms with Crippen LogP contribution in [0.4, 0.5) is 0 Å². The molecule has 0 bridgehead atoms. The Morgan fingerprint density at radius 1 is 1.14 bits per heavy atom.